The first kappa shape index (κ1) is 19.5. The molecule has 0 unspecified atom stereocenters. The van der Waals surface area contributed by atoms with Crippen molar-refractivity contribution in [2.45, 2.75) is 4.90 Å². The summed E-state index contributed by atoms with van der Waals surface area (Å²) in [5.74, 6) is -1.23. The van der Waals surface area contributed by atoms with Crippen LogP contribution in [0.2, 0.25) is 5.02 Å². The Morgan fingerprint density at radius 1 is 1.28 bits per heavy atom. The van der Waals surface area contributed by atoms with Crippen molar-refractivity contribution in [3.8, 4) is 5.75 Å². The van der Waals surface area contributed by atoms with E-state index in [1.165, 1.54) is 31.4 Å². The Balaban J connectivity index is 2.22. The number of hydrogen-bond donors (Lipinski definition) is 1. The molecule has 10 heteroatoms. The molecular weight excluding hydrogens is 441 g/mol. The molecule has 6 nitrogen and oxygen atoms in total. The molecule has 2 aromatic carbocycles. The number of sulfonamides is 1. The lowest BCUT2D eigenvalue weighted by Crippen LogP contribution is -2.15. The van der Waals surface area contributed by atoms with Gasteiger partial charge in [0.2, 0.25) is 0 Å². The Kier molecular flexibility index (Phi) is 6.26. The molecule has 0 aliphatic carbocycles. The first-order chi connectivity index (χ1) is 11.7. The number of halogens is 3. The number of carbonyl (C=O) groups is 1. The van der Waals surface area contributed by atoms with Gasteiger partial charge in [-0.05, 0) is 36.4 Å². The molecule has 2 aromatic rings. The zero-order valence-electron chi connectivity index (χ0n) is 12.8. The lowest BCUT2D eigenvalue weighted by molar-refractivity contribution is -0.142. The molecule has 1 N–H and O–H groups in total. The third-order valence-electron chi connectivity index (χ3n) is 2.96. The van der Waals surface area contributed by atoms with E-state index in [-0.39, 0.29) is 28.0 Å². The van der Waals surface area contributed by atoms with Gasteiger partial charge in [-0.2, -0.15) is 0 Å². The molecule has 0 aliphatic heterocycles. The van der Waals surface area contributed by atoms with E-state index in [9.17, 15) is 17.6 Å². The average molecular weight is 453 g/mol. The molecular formula is C15H12BrClFNO5S. The summed E-state index contributed by atoms with van der Waals surface area (Å²) < 4.78 is 50.7. The van der Waals surface area contributed by atoms with Gasteiger partial charge in [-0.25, -0.2) is 17.6 Å². The van der Waals surface area contributed by atoms with Crippen molar-refractivity contribution in [2.24, 2.45) is 0 Å². The number of nitrogens with one attached hydrogen (secondary N) is 1. The van der Waals surface area contributed by atoms with Crippen LogP contribution < -0.4 is 9.46 Å². The number of benzene rings is 2. The normalized spacial score (nSPS) is 11.0. The molecule has 25 heavy (non-hydrogen) atoms. The maximum absolute atomic E-state index is 13.8. The highest BCUT2D eigenvalue weighted by Gasteiger charge is 2.18. The largest absolute Gasteiger partial charge is 0.480 e. The van der Waals surface area contributed by atoms with Gasteiger partial charge in [-0.1, -0.05) is 27.5 Å². The highest BCUT2D eigenvalue weighted by molar-refractivity contribution is 9.10. The smallest absolute Gasteiger partial charge is 0.343 e. The minimum absolute atomic E-state index is 0.0249. The van der Waals surface area contributed by atoms with Crippen LogP contribution >= 0.6 is 27.5 Å². The van der Waals surface area contributed by atoms with Crippen LogP contribution in [0.5, 0.6) is 5.75 Å². The number of carbonyl (C=O) groups excluding carboxylic acids is 1. The summed E-state index contributed by atoms with van der Waals surface area (Å²) in [5, 5.41) is -0.0249. The summed E-state index contributed by atoms with van der Waals surface area (Å²) >= 11 is 9.05. The van der Waals surface area contributed by atoms with Crippen molar-refractivity contribution in [1.29, 1.82) is 0 Å². The number of esters is 1. The van der Waals surface area contributed by atoms with E-state index < -0.39 is 21.8 Å². The molecule has 0 fully saturated rings. The van der Waals surface area contributed by atoms with Gasteiger partial charge in [-0.3, -0.25) is 4.72 Å². The van der Waals surface area contributed by atoms with Crippen LogP contribution in [0.25, 0.3) is 0 Å². The fourth-order valence-electron chi connectivity index (χ4n) is 1.74. The second-order valence-corrected chi connectivity index (χ2v) is 7.69. The first-order valence-corrected chi connectivity index (χ1v) is 9.35. The van der Waals surface area contributed by atoms with E-state index in [0.717, 1.165) is 12.1 Å². The Morgan fingerprint density at radius 2 is 2.00 bits per heavy atom. The predicted octanol–water partition coefficient (Wildman–Crippen LogP) is 3.59. The second-order valence-electron chi connectivity index (χ2n) is 4.69. The van der Waals surface area contributed by atoms with Gasteiger partial charge in [0.05, 0.1) is 22.7 Å². The molecule has 0 radical (unpaired) electrons. The Hall–Kier alpha value is -1.84. The minimum Gasteiger partial charge on any atom is -0.480 e. The van der Waals surface area contributed by atoms with Crippen molar-refractivity contribution >= 4 is 49.2 Å². The molecule has 0 aromatic heterocycles. The van der Waals surface area contributed by atoms with Crippen molar-refractivity contribution in [2.75, 3.05) is 18.4 Å². The zero-order chi connectivity index (χ0) is 18.6. The van der Waals surface area contributed by atoms with Crippen LogP contribution in [0, 0.1) is 5.82 Å². The molecule has 0 spiro atoms. The van der Waals surface area contributed by atoms with Gasteiger partial charge in [0.15, 0.2) is 6.61 Å². The van der Waals surface area contributed by atoms with E-state index in [1.54, 1.807) is 0 Å². The third-order valence-corrected chi connectivity index (χ3v) is 5.11. The lowest BCUT2D eigenvalue weighted by Gasteiger charge is -2.11. The third kappa shape index (κ3) is 5.07. The summed E-state index contributed by atoms with van der Waals surface area (Å²) in [6.45, 7) is -0.370. The van der Waals surface area contributed by atoms with E-state index in [1.807, 2.05) is 0 Å². The fraction of sp³-hybridized carbons (Fsp3) is 0.133. The van der Waals surface area contributed by atoms with E-state index in [0.29, 0.717) is 4.47 Å². The monoisotopic (exact) mass is 451 g/mol. The summed E-state index contributed by atoms with van der Waals surface area (Å²) in [7, 11) is -2.86. The van der Waals surface area contributed by atoms with Gasteiger partial charge in [0.1, 0.15) is 11.6 Å². The maximum atomic E-state index is 13.8. The lowest BCUT2D eigenvalue weighted by atomic mass is 10.3. The number of anilines is 1. The first-order valence-electron chi connectivity index (χ1n) is 6.70. The van der Waals surface area contributed by atoms with Gasteiger partial charge in [0.25, 0.3) is 10.0 Å². The Morgan fingerprint density at radius 3 is 2.60 bits per heavy atom. The van der Waals surface area contributed by atoms with Gasteiger partial charge in [-0.15, -0.1) is 0 Å². The molecule has 134 valence electrons. The number of methoxy groups -OCH3 is 1. The number of hydrogen-bond acceptors (Lipinski definition) is 5. The van der Waals surface area contributed by atoms with Gasteiger partial charge >= 0.3 is 5.97 Å². The fourth-order valence-corrected chi connectivity index (χ4v) is 3.46. The Bertz CT molecular complexity index is 907. The van der Waals surface area contributed by atoms with E-state index in [2.05, 4.69) is 25.4 Å². The zero-order valence-corrected chi connectivity index (χ0v) is 15.9. The highest BCUT2D eigenvalue weighted by atomic mass is 79.9. The number of ether oxygens (including phenoxy) is 2. The summed E-state index contributed by atoms with van der Waals surface area (Å²) in [6, 6.07) is 7.56. The summed E-state index contributed by atoms with van der Waals surface area (Å²) in [6.07, 6.45) is 0. The molecule has 0 heterocycles. The SMILES string of the molecule is COC(=O)COc1ccc(S(=O)(=O)Nc2ccc(Br)cc2F)cc1Cl. The summed E-state index contributed by atoms with van der Waals surface area (Å²) in [5.41, 5.74) is -0.203. The van der Waals surface area contributed by atoms with Gasteiger partial charge < -0.3 is 9.47 Å². The molecule has 0 amide bonds. The molecule has 0 atom stereocenters. The van der Waals surface area contributed by atoms with Crippen LogP contribution in [0.15, 0.2) is 45.8 Å². The van der Waals surface area contributed by atoms with Crippen LogP contribution in [0.4, 0.5) is 10.1 Å². The van der Waals surface area contributed by atoms with Crippen LogP contribution in [0.3, 0.4) is 0 Å². The Labute approximate surface area is 157 Å². The molecule has 0 aliphatic rings. The standard InChI is InChI=1S/C15H12BrClFNO5S/c1-23-15(20)8-24-14-5-3-10(7-11(14)17)25(21,22)19-13-4-2-9(16)6-12(13)18/h2-7,19H,8H2,1H3. The molecule has 0 saturated carbocycles. The quantitative estimate of drug-likeness (QED) is 0.677. The summed E-state index contributed by atoms with van der Waals surface area (Å²) in [4.78, 5) is 10.9. The van der Waals surface area contributed by atoms with Crippen LogP contribution in [-0.4, -0.2) is 28.1 Å². The van der Waals surface area contributed by atoms with Crippen molar-refractivity contribution in [1.82, 2.24) is 0 Å². The molecule has 0 bridgehead atoms. The van der Waals surface area contributed by atoms with E-state index >= 15 is 0 Å². The average Bonchev–Trinajstić information content (AvgIpc) is 2.55. The van der Waals surface area contributed by atoms with Crippen molar-refractivity contribution in [3.63, 3.8) is 0 Å². The minimum atomic E-state index is -4.06. The molecule has 0 saturated heterocycles. The number of rotatable bonds is 6. The maximum Gasteiger partial charge on any atom is 0.343 e. The van der Waals surface area contributed by atoms with Crippen LogP contribution in [0.1, 0.15) is 0 Å². The van der Waals surface area contributed by atoms with Gasteiger partial charge in [0, 0.05) is 4.47 Å². The van der Waals surface area contributed by atoms with Crippen molar-refractivity contribution < 1.29 is 27.1 Å². The van der Waals surface area contributed by atoms with E-state index in [4.69, 9.17) is 16.3 Å². The second kappa shape index (κ2) is 8.03. The predicted molar refractivity (Wildman–Crippen MR) is 93.9 cm³/mol. The van der Waals surface area contributed by atoms with Crippen molar-refractivity contribution in [3.05, 3.63) is 51.7 Å². The topological polar surface area (TPSA) is 81.7 Å². The van der Waals surface area contributed by atoms with Crippen LogP contribution in [-0.2, 0) is 19.6 Å². The highest BCUT2D eigenvalue weighted by Crippen LogP contribution is 2.29. The molecule has 2 rings (SSSR count).